The number of hydrogen-bond donors (Lipinski definition) is 2. The minimum atomic E-state index is 0.213. The lowest BCUT2D eigenvalue weighted by Gasteiger charge is -2.19. The van der Waals surface area contributed by atoms with Gasteiger partial charge in [0.25, 0.3) is 0 Å². The largest absolute Gasteiger partial charge is 0.326 e. The zero-order valence-corrected chi connectivity index (χ0v) is 6.29. The molecule has 2 atom stereocenters. The molecule has 0 radical (unpaired) electrons. The highest BCUT2D eigenvalue weighted by Crippen LogP contribution is 2.09. The van der Waals surface area contributed by atoms with E-state index < -0.39 is 0 Å². The van der Waals surface area contributed by atoms with Crippen molar-refractivity contribution in [3.05, 3.63) is 12.2 Å². The minimum absolute atomic E-state index is 0.213. The van der Waals surface area contributed by atoms with Crippen LogP contribution in [0.25, 0.3) is 0 Å². The summed E-state index contributed by atoms with van der Waals surface area (Å²) >= 11 is 0. The summed E-state index contributed by atoms with van der Waals surface area (Å²) in [5.74, 6) is 0. The molecule has 1 rings (SSSR count). The predicted molar refractivity (Wildman–Crippen MR) is 43.6 cm³/mol. The fourth-order valence-electron chi connectivity index (χ4n) is 1.24. The molecular weight excluding hydrogens is 124 g/mol. The molecule has 0 saturated carbocycles. The molecule has 0 saturated heterocycles. The van der Waals surface area contributed by atoms with Gasteiger partial charge < -0.3 is 11.5 Å². The van der Waals surface area contributed by atoms with Gasteiger partial charge in [0.15, 0.2) is 0 Å². The van der Waals surface area contributed by atoms with Crippen molar-refractivity contribution in [3.8, 4) is 0 Å². The van der Waals surface area contributed by atoms with Gasteiger partial charge in [0.1, 0.15) is 0 Å². The van der Waals surface area contributed by atoms with Gasteiger partial charge in [-0.3, -0.25) is 0 Å². The zero-order chi connectivity index (χ0) is 7.40. The average Bonchev–Trinajstić information content (AvgIpc) is 1.92. The van der Waals surface area contributed by atoms with Crippen LogP contribution in [0, 0.1) is 0 Å². The fraction of sp³-hybridized carbons (Fsp3) is 0.750. The van der Waals surface area contributed by atoms with Gasteiger partial charge in [-0.25, -0.2) is 0 Å². The monoisotopic (exact) mass is 140 g/mol. The molecule has 0 aromatic rings. The van der Waals surface area contributed by atoms with Gasteiger partial charge in [0.05, 0.1) is 0 Å². The Bertz CT molecular complexity index is 106. The molecule has 0 aliphatic heterocycles. The van der Waals surface area contributed by atoms with Crippen LogP contribution in [0.15, 0.2) is 12.2 Å². The Hall–Kier alpha value is -0.340. The molecule has 4 N–H and O–H groups in total. The molecule has 0 bridgehead atoms. The smallest absolute Gasteiger partial charge is 0.0195 e. The number of hydrogen-bond acceptors (Lipinski definition) is 2. The van der Waals surface area contributed by atoms with Crippen LogP contribution in [0.4, 0.5) is 0 Å². The minimum Gasteiger partial charge on any atom is -0.326 e. The van der Waals surface area contributed by atoms with E-state index in [4.69, 9.17) is 11.5 Å². The Morgan fingerprint density at radius 3 is 1.70 bits per heavy atom. The number of nitrogens with two attached hydrogens (primary N) is 2. The highest BCUT2D eigenvalue weighted by Gasteiger charge is 2.12. The standard InChI is InChI=1S/C8H16N2/c9-7-5-3-1-2-4-6-8(7)10/h1-2,7-8H,3-6,9-10H2/b2-1+/t7-,8-/m1/s1. The first-order valence-corrected chi connectivity index (χ1v) is 3.97. The molecule has 0 heterocycles. The van der Waals surface area contributed by atoms with Crippen LogP contribution >= 0.6 is 0 Å². The molecule has 0 aromatic carbocycles. The lowest BCUT2D eigenvalue weighted by atomic mass is 9.97. The predicted octanol–water partition coefficient (Wildman–Crippen LogP) is 0.771. The van der Waals surface area contributed by atoms with E-state index in [1.54, 1.807) is 0 Å². The second-order valence-electron chi connectivity index (χ2n) is 2.95. The van der Waals surface area contributed by atoms with Crippen molar-refractivity contribution < 1.29 is 0 Å². The van der Waals surface area contributed by atoms with E-state index in [0.29, 0.717) is 0 Å². The van der Waals surface area contributed by atoms with Gasteiger partial charge in [-0.05, 0) is 25.7 Å². The normalized spacial score (nSPS) is 38.2. The van der Waals surface area contributed by atoms with Gasteiger partial charge in [-0.1, -0.05) is 12.2 Å². The lowest BCUT2D eigenvalue weighted by Crippen LogP contribution is -2.41. The molecule has 2 heteroatoms. The molecule has 0 aromatic heterocycles. The van der Waals surface area contributed by atoms with Gasteiger partial charge in [-0.15, -0.1) is 0 Å². The quantitative estimate of drug-likeness (QED) is 0.488. The number of rotatable bonds is 0. The third kappa shape index (κ3) is 2.12. The van der Waals surface area contributed by atoms with E-state index >= 15 is 0 Å². The summed E-state index contributed by atoms with van der Waals surface area (Å²) in [7, 11) is 0. The summed E-state index contributed by atoms with van der Waals surface area (Å²) in [6, 6.07) is 0.426. The molecule has 1 aliphatic rings. The van der Waals surface area contributed by atoms with Crippen LogP contribution in [0.5, 0.6) is 0 Å². The molecule has 1 aliphatic carbocycles. The molecule has 0 amide bonds. The molecular formula is C8H16N2. The topological polar surface area (TPSA) is 52.0 Å². The summed E-state index contributed by atoms with van der Waals surface area (Å²) in [6.07, 6.45) is 8.66. The molecule has 0 fully saturated rings. The molecule has 2 nitrogen and oxygen atoms in total. The van der Waals surface area contributed by atoms with Crippen molar-refractivity contribution in [1.82, 2.24) is 0 Å². The van der Waals surface area contributed by atoms with Crippen molar-refractivity contribution in [2.75, 3.05) is 0 Å². The van der Waals surface area contributed by atoms with Crippen molar-refractivity contribution >= 4 is 0 Å². The Morgan fingerprint density at radius 2 is 1.30 bits per heavy atom. The first-order valence-electron chi connectivity index (χ1n) is 3.97. The SMILES string of the molecule is N[C@@H]1CC/C=C/CC[C@H]1N. The molecule has 58 valence electrons. The molecule has 0 unspecified atom stereocenters. The van der Waals surface area contributed by atoms with Crippen molar-refractivity contribution in [2.24, 2.45) is 11.5 Å². The average molecular weight is 140 g/mol. The van der Waals surface area contributed by atoms with Crippen LogP contribution in [0.1, 0.15) is 25.7 Å². The van der Waals surface area contributed by atoms with E-state index in [-0.39, 0.29) is 12.1 Å². The summed E-state index contributed by atoms with van der Waals surface area (Å²) in [6.45, 7) is 0. The highest BCUT2D eigenvalue weighted by atomic mass is 14.8. The van der Waals surface area contributed by atoms with Crippen LogP contribution in [0.3, 0.4) is 0 Å². The van der Waals surface area contributed by atoms with E-state index in [9.17, 15) is 0 Å². The van der Waals surface area contributed by atoms with Gasteiger partial charge in [0.2, 0.25) is 0 Å². The van der Waals surface area contributed by atoms with E-state index in [1.807, 2.05) is 0 Å². The van der Waals surface area contributed by atoms with Crippen molar-refractivity contribution in [3.63, 3.8) is 0 Å². The van der Waals surface area contributed by atoms with Gasteiger partial charge in [0, 0.05) is 12.1 Å². The Kier molecular flexibility index (Phi) is 2.90. The van der Waals surface area contributed by atoms with Gasteiger partial charge in [-0.2, -0.15) is 0 Å². The zero-order valence-electron chi connectivity index (χ0n) is 6.29. The first-order chi connectivity index (χ1) is 4.80. The Morgan fingerprint density at radius 1 is 0.900 bits per heavy atom. The van der Waals surface area contributed by atoms with E-state index in [2.05, 4.69) is 12.2 Å². The first kappa shape index (κ1) is 7.76. The summed E-state index contributed by atoms with van der Waals surface area (Å²) in [5.41, 5.74) is 11.6. The second kappa shape index (κ2) is 3.74. The third-order valence-electron chi connectivity index (χ3n) is 2.05. The second-order valence-corrected chi connectivity index (χ2v) is 2.95. The third-order valence-corrected chi connectivity index (χ3v) is 2.05. The van der Waals surface area contributed by atoms with Crippen molar-refractivity contribution in [2.45, 2.75) is 37.8 Å². The fourth-order valence-corrected chi connectivity index (χ4v) is 1.24. The molecule has 10 heavy (non-hydrogen) atoms. The maximum atomic E-state index is 5.79. The van der Waals surface area contributed by atoms with Crippen LogP contribution < -0.4 is 11.5 Å². The Labute approximate surface area is 62.3 Å². The summed E-state index contributed by atoms with van der Waals surface area (Å²) in [5, 5.41) is 0. The van der Waals surface area contributed by atoms with Crippen LogP contribution in [-0.4, -0.2) is 12.1 Å². The highest BCUT2D eigenvalue weighted by molar-refractivity contribution is 4.90. The summed E-state index contributed by atoms with van der Waals surface area (Å²) < 4.78 is 0. The number of allylic oxidation sites excluding steroid dienone is 2. The van der Waals surface area contributed by atoms with E-state index in [1.165, 1.54) is 0 Å². The van der Waals surface area contributed by atoms with Crippen LogP contribution in [-0.2, 0) is 0 Å². The maximum Gasteiger partial charge on any atom is 0.0195 e. The van der Waals surface area contributed by atoms with Crippen LogP contribution in [0.2, 0.25) is 0 Å². The van der Waals surface area contributed by atoms with Gasteiger partial charge >= 0.3 is 0 Å². The lowest BCUT2D eigenvalue weighted by molar-refractivity contribution is 0.468. The Balaban J connectivity index is 2.40. The summed E-state index contributed by atoms with van der Waals surface area (Å²) in [4.78, 5) is 0. The molecule has 0 spiro atoms. The van der Waals surface area contributed by atoms with Crippen molar-refractivity contribution in [1.29, 1.82) is 0 Å². The van der Waals surface area contributed by atoms with E-state index in [0.717, 1.165) is 25.7 Å². The maximum absolute atomic E-state index is 5.79.